The lowest BCUT2D eigenvalue weighted by atomic mass is 10.1. The molecule has 47 heavy (non-hydrogen) atoms. The van der Waals surface area contributed by atoms with Crippen molar-refractivity contribution in [3.8, 4) is 0 Å². The fourth-order valence-electron chi connectivity index (χ4n) is 5.59. The summed E-state index contributed by atoms with van der Waals surface area (Å²) < 4.78 is 0. The van der Waals surface area contributed by atoms with Crippen LogP contribution in [0.2, 0.25) is 0 Å². The molecule has 0 saturated heterocycles. The van der Waals surface area contributed by atoms with Crippen LogP contribution in [0.15, 0.2) is 60.8 Å². The Morgan fingerprint density at radius 2 is 0.894 bits per heavy atom. The highest BCUT2D eigenvalue weighted by molar-refractivity contribution is 5.76. The van der Waals surface area contributed by atoms with Gasteiger partial charge >= 0.3 is 0 Å². The second-order valence-corrected chi connectivity index (χ2v) is 13.3. The van der Waals surface area contributed by atoms with Gasteiger partial charge in [-0.05, 0) is 77.0 Å². The summed E-state index contributed by atoms with van der Waals surface area (Å²) in [6.07, 6.45) is 53.1. The molecule has 2 atom stereocenters. The number of aliphatic hydroxyl groups excluding tert-OH is 2. The maximum atomic E-state index is 12.3. The summed E-state index contributed by atoms with van der Waals surface area (Å²) in [5.41, 5.74) is 0. The third-order valence-electron chi connectivity index (χ3n) is 8.70. The van der Waals surface area contributed by atoms with Crippen LogP contribution in [0.3, 0.4) is 0 Å². The Balaban J connectivity index is 3.71. The van der Waals surface area contributed by atoms with Crippen LogP contribution in [0.25, 0.3) is 0 Å². The van der Waals surface area contributed by atoms with Crippen LogP contribution in [0, 0.1) is 0 Å². The highest BCUT2D eigenvalue weighted by Gasteiger charge is 2.17. The molecule has 0 rings (SSSR count). The van der Waals surface area contributed by atoms with Crippen LogP contribution >= 0.6 is 0 Å². The van der Waals surface area contributed by atoms with Gasteiger partial charge in [0.25, 0.3) is 0 Å². The van der Waals surface area contributed by atoms with E-state index in [0.29, 0.717) is 6.42 Å². The molecule has 0 aromatic carbocycles. The van der Waals surface area contributed by atoms with Crippen LogP contribution in [0.4, 0.5) is 0 Å². The fourth-order valence-corrected chi connectivity index (χ4v) is 5.59. The Hall–Kier alpha value is -1.91. The minimum atomic E-state index is -0.874. The van der Waals surface area contributed by atoms with E-state index in [1.807, 2.05) is 6.08 Å². The van der Waals surface area contributed by atoms with Gasteiger partial charge in [0.15, 0.2) is 0 Å². The standard InChI is InChI=1S/C43H77NO3/c1-3-5-7-9-11-13-15-17-19-21-23-24-26-28-30-32-34-36-38-42(46)41(40-45)44-43(47)39-37-35-33-31-29-27-25-22-20-18-16-14-12-10-8-6-4-2/h12,14,18,20-21,23,28,30,36,38,41-42,45-46H,3-11,13,15-17,19,22,24-27,29,31-35,37,39-40H2,1-2H3,(H,44,47)/b14-12-,20-18-,23-21+,30-28+,38-36+. The number of amides is 1. The normalized spacial score (nSPS) is 13.7. The molecule has 0 aromatic rings. The van der Waals surface area contributed by atoms with Crippen molar-refractivity contribution in [1.82, 2.24) is 5.32 Å². The smallest absolute Gasteiger partial charge is 0.220 e. The Bertz CT molecular complexity index is 797. The number of unbranched alkanes of at least 4 members (excludes halogenated alkanes) is 20. The van der Waals surface area contributed by atoms with Crippen molar-refractivity contribution in [3.63, 3.8) is 0 Å². The highest BCUT2D eigenvalue weighted by atomic mass is 16.3. The zero-order valence-electron chi connectivity index (χ0n) is 31.0. The van der Waals surface area contributed by atoms with Crippen molar-refractivity contribution in [2.24, 2.45) is 0 Å². The Labute approximate surface area is 292 Å². The van der Waals surface area contributed by atoms with Crippen molar-refractivity contribution >= 4 is 5.91 Å². The fraction of sp³-hybridized carbons (Fsp3) is 0.744. The maximum Gasteiger partial charge on any atom is 0.220 e. The van der Waals surface area contributed by atoms with E-state index in [-0.39, 0.29) is 12.5 Å². The summed E-state index contributed by atoms with van der Waals surface area (Å²) in [4.78, 5) is 12.3. The van der Waals surface area contributed by atoms with E-state index in [0.717, 1.165) is 51.4 Å². The lowest BCUT2D eigenvalue weighted by molar-refractivity contribution is -0.123. The summed E-state index contributed by atoms with van der Waals surface area (Å²) in [6.45, 7) is 4.25. The number of carbonyl (C=O) groups is 1. The number of rotatable bonds is 35. The molecule has 0 aliphatic heterocycles. The molecule has 0 spiro atoms. The van der Waals surface area contributed by atoms with E-state index in [2.05, 4.69) is 67.8 Å². The SMILES string of the molecule is CCCCC/C=C\C/C=C\CCCCCCCCCC(=O)NC(CO)C(O)/C=C/CC/C=C/CC/C=C/CCCCCCCCCC. The predicted molar refractivity (Wildman–Crippen MR) is 207 cm³/mol. The highest BCUT2D eigenvalue weighted by Crippen LogP contribution is 2.12. The van der Waals surface area contributed by atoms with Gasteiger partial charge in [-0.3, -0.25) is 4.79 Å². The van der Waals surface area contributed by atoms with Crippen molar-refractivity contribution in [2.45, 2.75) is 199 Å². The summed E-state index contributed by atoms with van der Waals surface area (Å²) in [5, 5.41) is 22.9. The molecule has 272 valence electrons. The van der Waals surface area contributed by atoms with Gasteiger partial charge in [-0.1, -0.05) is 164 Å². The molecule has 3 N–H and O–H groups in total. The van der Waals surface area contributed by atoms with E-state index in [1.54, 1.807) is 6.08 Å². The van der Waals surface area contributed by atoms with Gasteiger partial charge in [-0.25, -0.2) is 0 Å². The Morgan fingerprint density at radius 3 is 1.40 bits per heavy atom. The number of aliphatic hydroxyl groups is 2. The second-order valence-electron chi connectivity index (χ2n) is 13.3. The monoisotopic (exact) mass is 656 g/mol. The van der Waals surface area contributed by atoms with Crippen LogP contribution in [0.1, 0.15) is 187 Å². The number of nitrogens with one attached hydrogen (secondary N) is 1. The molecule has 0 radical (unpaired) electrons. The third-order valence-corrected chi connectivity index (χ3v) is 8.70. The molecule has 0 aliphatic carbocycles. The van der Waals surface area contributed by atoms with Gasteiger partial charge in [0.1, 0.15) is 0 Å². The minimum absolute atomic E-state index is 0.0890. The molecule has 0 bridgehead atoms. The molecule has 0 fully saturated rings. The topological polar surface area (TPSA) is 69.6 Å². The van der Waals surface area contributed by atoms with Crippen LogP contribution < -0.4 is 5.32 Å². The number of carbonyl (C=O) groups excluding carboxylic acids is 1. The molecular weight excluding hydrogens is 578 g/mol. The predicted octanol–water partition coefficient (Wildman–Crippen LogP) is 12.2. The molecule has 4 heteroatoms. The zero-order chi connectivity index (χ0) is 34.3. The summed E-state index contributed by atoms with van der Waals surface area (Å²) in [6, 6.07) is -0.650. The zero-order valence-corrected chi connectivity index (χ0v) is 31.0. The van der Waals surface area contributed by atoms with Gasteiger partial charge in [-0.2, -0.15) is 0 Å². The van der Waals surface area contributed by atoms with Gasteiger partial charge in [0, 0.05) is 6.42 Å². The molecule has 0 saturated carbocycles. The van der Waals surface area contributed by atoms with E-state index >= 15 is 0 Å². The summed E-state index contributed by atoms with van der Waals surface area (Å²) in [7, 11) is 0. The van der Waals surface area contributed by atoms with Gasteiger partial charge < -0.3 is 15.5 Å². The van der Waals surface area contributed by atoms with Crippen LogP contribution in [-0.2, 0) is 4.79 Å². The molecule has 0 aliphatic rings. The Kier molecular flexibility index (Phi) is 37.0. The average molecular weight is 656 g/mol. The van der Waals surface area contributed by atoms with E-state index in [4.69, 9.17) is 0 Å². The second kappa shape index (κ2) is 38.5. The first-order chi connectivity index (χ1) is 23.2. The first kappa shape index (κ1) is 45.1. The van der Waals surface area contributed by atoms with Crippen LogP contribution in [0.5, 0.6) is 0 Å². The molecule has 0 heterocycles. The molecular formula is C43H77NO3. The van der Waals surface area contributed by atoms with Crippen molar-refractivity contribution in [2.75, 3.05) is 6.61 Å². The van der Waals surface area contributed by atoms with Gasteiger partial charge in [-0.15, -0.1) is 0 Å². The van der Waals surface area contributed by atoms with E-state index in [9.17, 15) is 15.0 Å². The van der Waals surface area contributed by atoms with E-state index < -0.39 is 12.1 Å². The maximum absolute atomic E-state index is 12.3. The minimum Gasteiger partial charge on any atom is -0.394 e. The van der Waals surface area contributed by atoms with Crippen molar-refractivity contribution in [3.05, 3.63) is 60.8 Å². The summed E-state index contributed by atoms with van der Waals surface area (Å²) >= 11 is 0. The van der Waals surface area contributed by atoms with E-state index in [1.165, 1.54) is 116 Å². The van der Waals surface area contributed by atoms with Gasteiger partial charge in [0.2, 0.25) is 5.91 Å². The number of hydrogen-bond donors (Lipinski definition) is 3. The first-order valence-corrected chi connectivity index (χ1v) is 20.0. The molecule has 2 unspecified atom stereocenters. The summed E-state index contributed by atoms with van der Waals surface area (Å²) in [5.74, 6) is -0.0890. The average Bonchev–Trinajstić information content (AvgIpc) is 3.07. The molecule has 4 nitrogen and oxygen atoms in total. The van der Waals surface area contributed by atoms with Crippen molar-refractivity contribution < 1.29 is 15.0 Å². The number of hydrogen-bond acceptors (Lipinski definition) is 3. The van der Waals surface area contributed by atoms with Crippen LogP contribution in [-0.4, -0.2) is 34.9 Å². The van der Waals surface area contributed by atoms with Crippen molar-refractivity contribution in [1.29, 1.82) is 0 Å². The quantitative estimate of drug-likeness (QED) is 0.0470. The number of allylic oxidation sites excluding steroid dienone is 9. The van der Waals surface area contributed by atoms with Gasteiger partial charge in [0.05, 0.1) is 18.8 Å². The lowest BCUT2D eigenvalue weighted by Crippen LogP contribution is -2.45. The largest absolute Gasteiger partial charge is 0.394 e. The molecule has 1 amide bonds. The lowest BCUT2D eigenvalue weighted by Gasteiger charge is -2.19. The third kappa shape index (κ3) is 35.2. The first-order valence-electron chi connectivity index (χ1n) is 20.0. The Morgan fingerprint density at radius 1 is 0.511 bits per heavy atom. The molecule has 0 aromatic heterocycles.